The van der Waals surface area contributed by atoms with E-state index in [9.17, 15) is 42.8 Å². The van der Waals surface area contributed by atoms with Crippen molar-refractivity contribution in [2.75, 3.05) is 19.0 Å². The summed E-state index contributed by atoms with van der Waals surface area (Å²) in [5.74, 6) is -0.884. The number of hydrogen-bond acceptors (Lipinski definition) is 9. The molecular weight excluding hydrogens is 474 g/mol. The van der Waals surface area contributed by atoms with E-state index in [0.29, 0.717) is 12.1 Å². The highest BCUT2D eigenvalue weighted by Gasteiger charge is 2.36. The van der Waals surface area contributed by atoms with Crippen LogP contribution in [0.3, 0.4) is 0 Å². The predicted molar refractivity (Wildman–Crippen MR) is 109 cm³/mol. The van der Waals surface area contributed by atoms with Crippen molar-refractivity contribution in [2.45, 2.75) is 19.5 Å². The smallest absolute Gasteiger partial charge is 0.467 e. The maximum atomic E-state index is 12.9. The van der Waals surface area contributed by atoms with Crippen LogP contribution in [0.5, 0.6) is 0 Å². The van der Waals surface area contributed by atoms with E-state index in [1.54, 1.807) is 6.92 Å². The molecule has 0 spiro atoms. The van der Waals surface area contributed by atoms with Crippen LogP contribution in [0.2, 0.25) is 0 Å². The number of rotatable bonds is 9. The van der Waals surface area contributed by atoms with E-state index in [-0.39, 0.29) is 23.4 Å². The second-order valence-corrected chi connectivity index (χ2v) is 7.58. The standard InChI is InChI=1S/C18H16F3N3O8P/c1-3-10-6-15(24(28)29)16(33(30)32-9-17(25)31-2)8-13(10)22-12-5-4-11(18(19,20)21)7-14(12)23(26)27/h4-8,22H,3,9H2,1-2H3/q+1. The first-order chi connectivity index (χ1) is 15.4. The third kappa shape index (κ3) is 6.20. The second-order valence-electron chi connectivity index (χ2n) is 6.33. The van der Waals surface area contributed by atoms with Crippen molar-refractivity contribution >= 4 is 42.1 Å². The fourth-order valence-electron chi connectivity index (χ4n) is 2.67. The lowest BCUT2D eigenvalue weighted by Crippen LogP contribution is -2.13. The summed E-state index contributed by atoms with van der Waals surface area (Å²) >= 11 is 0. The summed E-state index contributed by atoms with van der Waals surface area (Å²) in [6.07, 6.45) is -4.63. The number of carbonyl (C=O) groups excluding carboxylic acids is 1. The van der Waals surface area contributed by atoms with Gasteiger partial charge in [0.2, 0.25) is 0 Å². The third-order valence-electron chi connectivity index (χ3n) is 4.29. The Hall–Kier alpha value is -3.64. The van der Waals surface area contributed by atoms with Gasteiger partial charge in [0.1, 0.15) is 5.69 Å². The molecule has 0 saturated carbocycles. The number of benzene rings is 2. The highest BCUT2D eigenvalue weighted by Crippen LogP contribution is 2.38. The summed E-state index contributed by atoms with van der Waals surface area (Å²) in [5, 5.41) is 24.9. The Bertz CT molecular complexity index is 1120. The third-order valence-corrected chi connectivity index (χ3v) is 5.41. The van der Waals surface area contributed by atoms with Crippen LogP contribution in [0.15, 0.2) is 30.3 Å². The maximum absolute atomic E-state index is 12.9. The summed E-state index contributed by atoms with van der Waals surface area (Å²) in [4.78, 5) is 32.2. The molecule has 0 aromatic heterocycles. The van der Waals surface area contributed by atoms with E-state index in [0.717, 1.165) is 25.3 Å². The monoisotopic (exact) mass is 490 g/mol. The zero-order chi connectivity index (χ0) is 24.9. The average Bonchev–Trinajstić information content (AvgIpc) is 2.75. The number of halogens is 3. The molecule has 2 aromatic carbocycles. The largest absolute Gasteiger partial charge is 0.556 e. The molecule has 0 aliphatic carbocycles. The molecule has 0 radical (unpaired) electrons. The van der Waals surface area contributed by atoms with Crippen molar-refractivity contribution in [3.8, 4) is 0 Å². The van der Waals surface area contributed by atoms with Crippen LogP contribution in [0, 0.1) is 20.2 Å². The molecule has 0 aliphatic rings. The minimum atomic E-state index is -4.81. The van der Waals surface area contributed by atoms with Crippen LogP contribution in [0.1, 0.15) is 18.1 Å². The summed E-state index contributed by atoms with van der Waals surface area (Å²) in [6.45, 7) is 0.852. The van der Waals surface area contributed by atoms with Gasteiger partial charge in [0.15, 0.2) is 6.61 Å². The Morgan fingerprint density at radius 1 is 1.09 bits per heavy atom. The normalized spacial score (nSPS) is 11.6. The molecule has 176 valence electrons. The summed E-state index contributed by atoms with van der Waals surface area (Å²) < 4.78 is 60.5. The lowest BCUT2D eigenvalue weighted by atomic mass is 10.1. The van der Waals surface area contributed by atoms with E-state index in [2.05, 4.69) is 10.1 Å². The van der Waals surface area contributed by atoms with Gasteiger partial charge in [-0.05, 0) is 28.7 Å². The van der Waals surface area contributed by atoms with Gasteiger partial charge in [-0.15, -0.1) is 4.52 Å². The molecule has 0 amide bonds. The Balaban J connectivity index is 2.56. The van der Waals surface area contributed by atoms with Crippen LogP contribution in [0.4, 0.5) is 35.9 Å². The van der Waals surface area contributed by atoms with Gasteiger partial charge in [-0.1, -0.05) is 6.92 Å². The molecule has 11 nitrogen and oxygen atoms in total. The Labute approximate surface area is 184 Å². The van der Waals surface area contributed by atoms with Crippen molar-refractivity contribution in [2.24, 2.45) is 0 Å². The molecule has 0 heterocycles. The quantitative estimate of drug-likeness (QED) is 0.234. The van der Waals surface area contributed by atoms with Crippen LogP contribution in [-0.4, -0.2) is 29.5 Å². The van der Waals surface area contributed by atoms with Crippen molar-refractivity contribution < 1.29 is 41.6 Å². The number of aryl methyl sites for hydroxylation is 1. The number of hydrogen-bond donors (Lipinski definition) is 1. The zero-order valence-electron chi connectivity index (χ0n) is 17.0. The van der Waals surface area contributed by atoms with Crippen LogP contribution in [-0.2, 0) is 31.2 Å². The summed E-state index contributed by atoms with van der Waals surface area (Å²) in [7, 11) is -1.88. The number of nitrogens with zero attached hydrogens (tertiary/aromatic N) is 2. The molecule has 1 N–H and O–H groups in total. The molecule has 0 fully saturated rings. The first-order valence-electron chi connectivity index (χ1n) is 9.00. The van der Waals surface area contributed by atoms with E-state index in [1.807, 2.05) is 0 Å². The SMILES string of the molecule is CCc1cc([N+](=O)[O-])c([P+](=O)OCC(=O)OC)cc1Nc1ccc(C(F)(F)F)cc1[N+](=O)[O-]. The van der Waals surface area contributed by atoms with Gasteiger partial charge in [0, 0.05) is 23.9 Å². The number of nitro groups is 2. The molecule has 2 aromatic rings. The van der Waals surface area contributed by atoms with Gasteiger partial charge in [0.05, 0.1) is 22.5 Å². The fraction of sp³-hybridized carbons (Fsp3) is 0.278. The molecule has 1 unspecified atom stereocenters. The fourth-order valence-corrected chi connectivity index (χ4v) is 3.60. The van der Waals surface area contributed by atoms with Crippen LogP contribution >= 0.6 is 8.03 Å². The van der Waals surface area contributed by atoms with E-state index < -0.39 is 58.9 Å². The Morgan fingerprint density at radius 2 is 1.73 bits per heavy atom. The molecule has 0 saturated heterocycles. The van der Waals surface area contributed by atoms with Gasteiger partial charge in [0.25, 0.3) is 5.69 Å². The van der Waals surface area contributed by atoms with Gasteiger partial charge >= 0.3 is 31.2 Å². The van der Waals surface area contributed by atoms with Crippen molar-refractivity contribution in [3.05, 3.63) is 61.7 Å². The number of nitrogens with one attached hydrogen (secondary N) is 1. The number of anilines is 2. The highest BCUT2D eigenvalue weighted by atomic mass is 31.1. The first kappa shape index (κ1) is 25.6. The molecule has 0 aliphatic heterocycles. The average molecular weight is 490 g/mol. The first-order valence-corrected chi connectivity index (χ1v) is 10.2. The predicted octanol–water partition coefficient (Wildman–Crippen LogP) is 4.39. The number of alkyl halides is 3. The molecule has 2 rings (SSSR count). The van der Waals surface area contributed by atoms with Gasteiger partial charge < -0.3 is 10.1 Å². The maximum Gasteiger partial charge on any atom is 0.556 e. The highest BCUT2D eigenvalue weighted by molar-refractivity contribution is 7.48. The Kier molecular flexibility index (Phi) is 8.01. The molecule has 15 heteroatoms. The van der Waals surface area contributed by atoms with Crippen molar-refractivity contribution in [1.82, 2.24) is 0 Å². The topological polar surface area (TPSA) is 151 Å². The van der Waals surface area contributed by atoms with E-state index in [4.69, 9.17) is 4.52 Å². The second kappa shape index (κ2) is 10.3. The summed E-state index contributed by atoms with van der Waals surface area (Å²) in [5.41, 5.74) is -2.77. The zero-order valence-corrected chi connectivity index (χ0v) is 17.9. The molecule has 1 atom stereocenters. The lowest BCUT2D eigenvalue weighted by Gasteiger charge is -2.13. The van der Waals surface area contributed by atoms with Crippen LogP contribution < -0.4 is 10.6 Å². The van der Waals surface area contributed by atoms with Crippen molar-refractivity contribution in [3.63, 3.8) is 0 Å². The minimum Gasteiger partial charge on any atom is -0.467 e. The molecule has 0 bridgehead atoms. The molecular formula is C18H16F3N3O8P+. The lowest BCUT2D eigenvalue weighted by molar-refractivity contribution is -0.384. The number of esters is 1. The molecule has 33 heavy (non-hydrogen) atoms. The van der Waals surface area contributed by atoms with E-state index in [1.165, 1.54) is 0 Å². The Morgan fingerprint density at radius 3 is 2.24 bits per heavy atom. The van der Waals surface area contributed by atoms with Crippen molar-refractivity contribution in [1.29, 1.82) is 0 Å². The van der Waals surface area contributed by atoms with Crippen LogP contribution in [0.25, 0.3) is 0 Å². The number of nitro benzene ring substituents is 2. The van der Waals surface area contributed by atoms with Gasteiger partial charge in [-0.25, -0.2) is 4.79 Å². The number of carbonyl (C=O) groups is 1. The number of ether oxygens (including phenoxy) is 1. The van der Waals surface area contributed by atoms with Gasteiger partial charge in [-0.3, -0.25) is 20.2 Å². The summed E-state index contributed by atoms with van der Waals surface area (Å²) in [6, 6.07) is 3.92. The van der Waals surface area contributed by atoms with E-state index >= 15 is 0 Å². The number of methoxy groups -OCH3 is 1. The minimum absolute atomic E-state index is 0.0194. The van der Waals surface area contributed by atoms with Gasteiger partial charge in [-0.2, -0.15) is 13.2 Å².